The Labute approximate surface area is 137 Å². The van der Waals surface area contributed by atoms with Crippen LogP contribution in [-0.2, 0) is 0 Å². The summed E-state index contributed by atoms with van der Waals surface area (Å²) in [5.41, 5.74) is 2.85. The number of nitro groups is 1. The molecule has 0 aliphatic heterocycles. The smallest absolute Gasteiger partial charge is 0.269 e. The van der Waals surface area contributed by atoms with E-state index in [1.165, 1.54) is 18.3 Å². The predicted octanol–water partition coefficient (Wildman–Crippen LogP) is 4.02. The Bertz CT molecular complexity index is 965. The molecular formula is C17H12N4O3. The molecule has 0 aliphatic rings. The average molecular weight is 320 g/mol. The maximum atomic E-state index is 10.8. The molecule has 0 radical (unpaired) electrons. The van der Waals surface area contributed by atoms with E-state index in [-0.39, 0.29) is 17.2 Å². The van der Waals surface area contributed by atoms with Gasteiger partial charge in [0.05, 0.1) is 4.92 Å². The molecule has 0 unspecified atom stereocenters. The van der Waals surface area contributed by atoms with Crippen LogP contribution < -0.4 is 5.32 Å². The molecule has 3 rings (SSSR count). The number of anilines is 1. The molecule has 7 heteroatoms. The Morgan fingerprint density at radius 3 is 2.83 bits per heavy atom. The molecule has 118 valence electrons. The Morgan fingerprint density at radius 1 is 1.38 bits per heavy atom. The van der Waals surface area contributed by atoms with Gasteiger partial charge in [-0.3, -0.25) is 10.1 Å². The number of hydrogen-bond donors (Lipinski definition) is 1. The zero-order valence-corrected chi connectivity index (χ0v) is 12.7. The molecule has 0 atom stereocenters. The van der Waals surface area contributed by atoms with Crippen LogP contribution in [0.2, 0.25) is 0 Å². The number of para-hydroxylation sites is 2. The topological polar surface area (TPSA) is 105 Å². The third kappa shape index (κ3) is 2.94. The van der Waals surface area contributed by atoms with Crippen molar-refractivity contribution in [1.82, 2.24) is 4.98 Å². The van der Waals surface area contributed by atoms with Crippen LogP contribution in [0.25, 0.3) is 16.7 Å². The third-order valence-corrected chi connectivity index (χ3v) is 3.44. The zero-order valence-electron chi connectivity index (χ0n) is 12.7. The molecule has 0 saturated heterocycles. The molecule has 0 saturated carbocycles. The number of fused-ring (bicyclic) bond motifs is 1. The van der Waals surface area contributed by atoms with Crippen molar-refractivity contribution in [2.45, 2.75) is 6.92 Å². The molecule has 0 aliphatic carbocycles. The highest BCUT2D eigenvalue weighted by Crippen LogP contribution is 2.23. The van der Waals surface area contributed by atoms with E-state index < -0.39 is 4.92 Å². The van der Waals surface area contributed by atoms with Crippen LogP contribution in [0.15, 0.2) is 53.1 Å². The summed E-state index contributed by atoms with van der Waals surface area (Å²) in [6, 6.07) is 13.7. The number of aryl methyl sites for hydroxylation is 1. The average Bonchev–Trinajstić information content (AvgIpc) is 3.00. The number of allylic oxidation sites excluding steroid dienone is 1. The van der Waals surface area contributed by atoms with Crippen molar-refractivity contribution in [2.24, 2.45) is 0 Å². The summed E-state index contributed by atoms with van der Waals surface area (Å²) in [4.78, 5) is 14.6. The molecule has 0 spiro atoms. The minimum absolute atomic E-state index is 0.0153. The van der Waals surface area contributed by atoms with E-state index >= 15 is 0 Å². The lowest BCUT2D eigenvalue weighted by molar-refractivity contribution is -0.384. The van der Waals surface area contributed by atoms with Crippen molar-refractivity contribution in [3.8, 4) is 6.07 Å². The van der Waals surface area contributed by atoms with Crippen molar-refractivity contribution in [3.05, 3.63) is 70.2 Å². The van der Waals surface area contributed by atoms with Gasteiger partial charge in [-0.1, -0.05) is 12.1 Å². The monoisotopic (exact) mass is 320 g/mol. The normalized spacial score (nSPS) is 11.2. The Morgan fingerprint density at radius 2 is 2.17 bits per heavy atom. The van der Waals surface area contributed by atoms with Crippen molar-refractivity contribution in [2.75, 3.05) is 5.32 Å². The molecule has 1 aromatic heterocycles. The van der Waals surface area contributed by atoms with Crippen LogP contribution >= 0.6 is 0 Å². The number of hydrogen-bond acceptors (Lipinski definition) is 6. The Hall–Kier alpha value is -3.66. The zero-order chi connectivity index (χ0) is 17.1. The highest BCUT2D eigenvalue weighted by Gasteiger charge is 2.11. The van der Waals surface area contributed by atoms with Gasteiger partial charge in [-0.25, -0.2) is 4.98 Å². The number of nitrogens with one attached hydrogen (secondary N) is 1. The second kappa shape index (κ2) is 6.22. The first-order valence-corrected chi connectivity index (χ1v) is 7.06. The summed E-state index contributed by atoms with van der Waals surface area (Å²) in [6.45, 7) is 1.74. The number of rotatable bonds is 4. The highest BCUT2D eigenvalue weighted by molar-refractivity contribution is 5.80. The Kier molecular flexibility index (Phi) is 3.95. The number of nitriles is 1. The molecule has 3 aromatic rings. The van der Waals surface area contributed by atoms with Gasteiger partial charge in [0.1, 0.15) is 17.2 Å². The summed E-state index contributed by atoms with van der Waals surface area (Å²) in [5, 5.41) is 23.0. The van der Waals surface area contributed by atoms with E-state index in [1.807, 2.05) is 18.2 Å². The number of nitro benzene ring substituents is 1. The van der Waals surface area contributed by atoms with Crippen molar-refractivity contribution < 1.29 is 9.34 Å². The summed E-state index contributed by atoms with van der Waals surface area (Å²) in [6.07, 6.45) is 1.47. The lowest BCUT2D eigenvalue weighted by atomic mass is 10.2. The molecular weight excluding hydrogens is 308 g/mol. The SMILES string of the molecule is Cc1cc([N+](=O)[O-])ccc1N/C=C(\C#N)c1nc2ccccc2o1. The first-order valence-electron chi connectivity index (χ1n) is 7.06. The molecule has 0 bridgehead atoms. The standard InChI is InChI=1S/C17H12N4O3/c1-11-8-13(21(22)23)6-7-14(11)19-10-12(9-18)17-20-15-4-2-3-5-16(15)24-17/h2-8,10,19H,1H3/b12-10+. The number of benzene rings is 2. The summed E-state index contributed by atoms with van der Waals surface area (Å²) in [7, 11) is 0. The fourth-order valence-corrected chi connectivity index (χ4v) is 2.20. The van der Waals surface area contributed by atoms with Gasteiger partial charge in [0.15, 0.2) is 5.58 Å². The largest absolute Gasteiger partial charge is 0.435 e. The number of oxazole rings is 1. The minimum Gasteiger partial charge on any atom is -0.435 e. The number of aromatic nitrogens is 1. The van der Waals surface area contributed by atoms with Gasteiger partial charge in [0.2, 0.25) is 5.89 Å². The van der Waals surface area contributed by atoms with Gasteiger partial charge in [0.25, 0.3) is 5.69 Å². The van der Waals surface area contributed by atoms with Crippen molar-refractivity contribution in [3.63, 3.8) is 0 Å². The third-order valence-electron chi connectivity index (χ3n) is 3.44. The lowest BCUT2D eigenvalue weighted by Gasteiger charge is -2.05. The van der Waals surface area contributed by atoms with Gasteiger partial charge in [0, 0.05) is 24.0 Å². The Balaban J connectivity index is 1.89. The number of non-ortho nitro benzene ring substituents is 1. The van der Waals surface area contributed by atoms with Gasteiger partial charge in [-0.2, -0.15) is 5.26 Å². The van der Waals surface area contributed by atoms with E-state index in [4.69, 9.17) is 4.42 Å². The molecule has 1 heterocycles. The molecule has 0 fully saturated rings. The molecule has 1 N–H and O–H groups in total. The van der Waals surface area contributed by atoms with Crippen molar-refractivity contribution >= 4 is 28.0 Å². The second-order valence-electron chi connectivity index (χ2n) is 5.06. The predicted molar refractivity (Wildman–Crippen MR) is 89.1 cm³/mol. The molecule has 0 amide bonds. The minimum atomic E-state index is -0.453. The lowest BCUT2D eigenvalue weighted by Crippen LogP contribution is -1.95. The fourth-order valence-electron chi connectivity index (χ4n) is 2.20. The fraction of sp³-hybridized carbons (Fsp3) is 0.0588. The second-order valence-corrected chi connectivity index (χ2v) is 5.06. The van der Waals surface area contributed by atoms with Gasteiger partial charge in [-0.05, 0) is 30.7 Å². The van der Waals surface area contributed by atoms with Crippen LogP contribution in [0.3, 0.4) is 0 Å². The van der Waals surface area contributed by atoms with Gasteiger partial charge >= 0.3 is 0 Å². The van der Waals surface area contributed by atoms with E-state index in [2.05, 4.69) is 10.3 Å². The summed E-state index contributed by atoms with van der Waals surface area (Å²) < 4.78 is 5.56. The van der Waals surface area contributed by atoms with Crippen LogP contribution in [0, 0.1) is 28.4 Å². The molecule has 2 aromatic carbocycles. The molecule has 24 heavy (non-hydrogen) atoms. The van der Waals surface area contributed by atoms with E-state index in [0.29, 0.717) is 22.4 Å². The number of nitrogens with zero attached hydrogens (tertiary/aromatic N) is 3. The first-order chi connectivity index (χ1) is 11.6. The maximum absolute atomic E-state index is 10.8. The van der Waals surface area contributed by atoms with Crippen LogP contribution in [-0.4, -0.2) is 9.91 Å². The van der Waals surface area contributed by atoms with Crippen LogP contribution in [0.4, 0.5) is 11.4 Å². The van der Waals surface area contributed by atoms with Crippen molar-refractivity contribution in [1.29, 1.82) is 5.26 Å². The van der Waals surface area contributed by atoms with E-state index in [0.717, 1.165) is 0 Å². The van der Waals surface area contributed by atoms with E-state index in [1.54, 1.807) is 25.1 Å². The summed E-state index contributed by atoms with van der Waals surface area (Å²) >= 11 is 0. The van der Waals surface area contributed by atoms with Crippen LogP contribution in [0.1, 0.15) is 11.5 Å². The quantitative estimate of drug-likeness (QED) is 0.442. The highest BCUT2D eigenvalue weighted by atomic mass is 16.6. The summed E-state index contributed by atoms with van der Waals surface area (Å²) in [5.74, 6) is 0.214. The van der Waals surface area contributed by atoms with Gasteiger partial charge in [-0.15, -0.1) is 0 Å². The maximum Gasteiger partial charge on any atom is 0.269 e. The first kappa shape index (κ1) is 15.2. The molecule has 7 nitrogen and oxygen atoms in total. The van der Waals surface area contributed by atoms with Gasteiger partial charge < -0.3 is 9.73 Å². The van der Waals surface area contributed by atoms with Crippen LogP contribution in [0.5, 0.6) is 0 Å². The van der Waals surface area contributed by atoms with E-state index in [9.17, 15) is 15.4 Å².